The van der Waals surface area contributed by atoms with Crippen LogP contribution in [0.5, 0.6) is 0 Å². The van der Waals surface area contributed by atoms with Crippen molar-refractivity contribution in [1.82, 2.24) is 8.80 Å². The molecule has 15 aromatic rings. The first-order valence-corrected chi connectivity index (χ1v) is 30.5. The summed E-state index contributed by atoms with van der Waals surface area (Å²) >= 11 is 0. The lowest BCUT2D eigenvalue weighted by atomic mass is 9.58. The van der Waals surface area contributed by atoms with E-state index < -0.39 is 96.7 Å². The largest absolute Gasteiger partial charge is 0.309 e. The van der Waals surface area contributed by atoms with Crippen LogP contribution in [-0.4, -0.2) is 8.80 Å². The minimum Gasteiger partial charge on any atom is -0.309 e. The van der Waals surface area contributed by atoms with Gasteiger partial charge in [0.25, 0.3) is 0 Å². The number of benzene rings is 11. The maximum atomic E-state index is 9.99. The van der Waals surface area contributed by atoms with E-state index in [1.807, 2.05) is 24.3 Å². The van der Waals surface area contributed by atoms with Crippen LogP contribution < -0.4 is 9.80 Å². The monoisotopic (exact) mass is 1120 g/mol. The van der Waals surface area contributed by atoms with Gasteiger partial charge in [-0.2, -0.15) is 0 Å². The summed E-state index contributed by atoms with van der Waals surface area (Å²) in [5, 5.41) is 6.14. The average molecular weight is 1130 g/mol. The number of aromatic nitrogens is 2. The number of anilines is 6. The number of nitrogens with zero attached hydrogens (tertiary/aromatic N) is 4. The minimum absolute atomic E-state index is 0.0729. The second-order valence-corrected chi connectivity index (χ2v) is 25.1. The minimum atomic E-state index is -0.621. The SMILES string of the molecule is [2H]c1c([2H])c([2H])c(N(c2c([2H])c([2H])c([2H])c([2H])c2-c2ccccc2)c2ccc3c4cc5c(cc4n4c6ccc(C78CCC(CC7)CC8)cc6c2c34)c2ccc(N(c3c([2H])c([2H])c([2H])c([2H])c3[2H])c3c([2H])c([2H])c([2H])c([2H])c3-c3ccccc3)c3c4cc(C67CCC(CC6)CC7)ccc4n5c23)c([2H])c1[2H]. The quantitative estimate of drug-likeness (QED) is 0.136. The second-order valence-electron chi connectivity index (χ2n) is 25.1. The van der Waals surface area contributed by atoms with Crippen LogP contribution in [0.25, 0.3) is 98.4 Å². The fourth-order valence-electron chi connectivity index (χ4n) is 17.0. The van der Waals surface area contributed by atoms with Crippen LogP contribution in [0.4, 0.5) is 34.1 Å². The predicted molar refractivity (Wildman–Crippen MR) is 362 cm³/mol. The van der Waals surface area contributed by atoms with E-state index >= 15 is 0 Å². The molecule has 6 fully saturated rings. The van der Waals surface area contributed by atoms with Crippen molar-refractivity contribution in [2.75, 3.05) is 9.80 Å². The Labute approximate surface area is 527 Å². The Bertz CT molecular complexity index is 5810. The van der Waals surface area contributed by atoms with Gasteiger partial charge < -0.3 is 18.6 Å². The molecule has 6 aliphatic rings. The van der Waals surface area contributed by atoms with Crippen molar-refractivity contribution < 1.29 is 24.7 Å². The fourth-order valence-corrected chi connectivity index (χ4v) is 17.0. The molecule has 0 saturated heterocycles. The normalized spacial score (nSPS) is 23.3. The molecule has 0 amide bonds. The molecule has 11 aromatic carbocycles. The van der Waals surface area contributed by atoms with Crippen molar-refractivity contribution >= 4 is 110 Å². The Morgan fingerprint density at radius 3 is 1.13 bits per heavy atom. The molecule has 414 valence electrons. The molecule has 0 atom stereocenters. The van der Waals surface area contributed by atoms with Crippen LogP contribution in [-0.2, 0) is 10.8 Å². The van der Waals surface area contributed by atoms with Crippen molar-refractivity contribution in [3.8, 4) is 22.3 Å². The summed E-state index contributed by atoms with van der Waals surface area (Å²) in [6.07, 6.45) is 12.8. The summed E-state index contributed by atoms with van der Waals surface area (Å²) in [5.74, 6) is 1.35. The Kier molecular flexibility index (Phi) is 7.46. The third kappa shape index (κ3) is 6.99. The standard InChI is InChI=1S/C82H66N4/c1-5-17-55(18-6-1)61-25-13-15-27-69(61)83(59-21-9-3-10-22-59)73-35-31-63-65-51-76-66(52-75(65)85-71-33-29-57(49-67(71)77(73)79(63)85)81-43-37-53(38-44-81)39-45-81)64-32-36-74(84(60-23-11-4-12-24-60)70-28-16-14-26-62(70)56-19-7-2-8-20-56)78-68-50-58(30-34-72(68)86(76)80(64)78)82-46-40-54(41-47-82)42-48-82/h1-36,49-54H,37-48H2/i3D,4D,9D,10D,11D,12D,13D,14D,15D,16D,21D,22D,23D,24D,25D,26D,27D,28D. The molecule has 21 rings (SSSR count). The van der Waals surface area contributed by atoms with Crippen molar-refractivity contribution in [1.29, 1.82) is 0 Å². The van der Waals surface area contributed by atoms with E-state index in [0.29, 0.717) is 45.1 Å². The first kappa shape index (κ1) is 34.5. The molecule has 4 heterocycles. The molecule has 6 saturated carbocycles. The van der Waals surface area contributed by atoms with Gasteiger partial charge in [-0.3, -0.25) is 0 Å². The van der Waals surface area contributed by atoms with Crippen LogP contribution in [0.3, 0.4) is 0 Å². The Morgan fingerprint density at radius 2 is 0.721 bits per heavy atom. The van der Waals surface area contributed by atoms with Gasteiger partial charge >= 0.3 is 0 Å². The highest BCUT2D eigenvalue weighted by Gasteiger charge is 2.43. The first-order chi connectivity index (χ1) is 50.0. The molecule has 0 unspecified atom stereocenters. The smallest absolute Gasteiger partial charge is 0.0645 e. The van der Waals surface area contributed by atoms with Crippen molar-refractivity contribution in [3.63, 3.8) is 0 Å². The summed E-state index contributed by atoms with van der Waals surface area (Å²) in [5.41, 5.74) is 7.65. The first-order valence-electron chi connectivity index (χ1n) is 39.5. The van der Waals surface area contributed by atoms with Gasteiger partial charge in [0.05, 0.1) is 80.5 Å². The van der Waals surface area contributed by atoms with Crippen LogP contribution in [0.1, 0.15) is 113 Å². The Hall–Kier alpha value is -9.38. The van der Waals surface area contributed by atoms with Crippen LogP contribution in [0.2, 0.25) is 0 Å². The molecule has 86 heavy (non-hydrogen) atoms. The van der Waals surface area contributed by atoms with E-state index in [2.05, 4.69) is 57.3 Å². The number of rotatable bonds is 10. The molecule has 0 N–H and O–H groups in total. The van der Waals surface area contributed by atoms with Crippen LogP contribution in [0.15, 0.2) is 242 Å². The lowest BCUT2D eigenvalue weighted by Crippen LogP contribution is -2.37. The van der Waals surface area contributed by atoms with E-state index in [9.17, 15) is 19.2 Å². The molecule has 4 bridgehead atoms. The summed E-state index contributed by atoms with van der Waals surface area (Å²) < 4.78 is 174. The molecule has 0 spiro atoms. The van der Waals surface area contributed by atoms with E-state index in [4.69, 9.17) is 5.48 Å². The Morgan fingerprint density at radius 1 is 0.337 bits per heavy atom. The number of fused-ring (bicyclic) bond motifs is 18. The van der Waals surface area contributed by atoms with Crippen molar-refractivity contribution in [2.24, 2.45) is 11.8 Å². The average Bonchev–Trinajstić information content (AvgIpc) is 1.50. The van der Waals surface area contributed by atoms with Gasteiger partial charge in [0, 0.05) is 65.6 Å². The van der Waals surface area contributed by atoms with Gasteiger partial charge in [-0.15, -0.1) is 0 Å². The topological polar surface area (TPSA) is 15.3 Å². The van der Waals surface area contributed by atoms with E-state index in [0.717, 1.165) is 142 Å². The maximum absolute atomic E-state index is 9.99. The zero-order valence-corrected chi connectivity index (χ0v) is 47.1. The third-order valence-electron chi connectivity index (χ3n) is 21.2. The highest BCUT2D eigenvalue weighted by molar-refractivity contribution is 6.32. The molecule has 0 aliphatic heterocycles. The zero-order chi connectivity index (χ0) is 71.9. The van der Waals surface area contributed by atoms with Crippen molar-refractivity contribution in [2.45, 2.75) is 87.9 Å². The van der Waals surface area contributed by atoms with Crippen LogP contribution >= 0.6 is 0 Å². The third-order valence-corrected chi connectivity index (χ3v) is 21.2. The molecule has 4 nitrogen and oxygen atoms in total. The Balaban J connectivity index is 0.957. The summed E-state index contributed by atoms with van der Waals surface area (Å²) in [6.45, 7) is 0. The molecule has 6 aliphatic carbocycles. The zero-order valence-electron chi connectivity index (χ0n) is 65.1. The molecule has 0 radical (unpaired) electrons. The maximum Gasteiger partial charge on any atom is 0.0645 e. The van der Waals surface area contributed by atoms with Gasteiger partial charge in [-0.05, 0) is 207 Å². The lowest BCUT2D eigenvalue weighted by Gasteiger charge is -2.47. The van der Waals surface area contributed by atoms with E-state index in [1.165, 1.54) is 20.9 Å². The van der Waals surface area contributed by atoms with E-state index in [-0.39, 0.29) is 56.8 Å². The van der Waals surface area contributed by atoms with Gasteiger partial charge in [0.15, 0.2) is 0 Å². The predicted octanol–water partition coefficient (Wildman–Crippen LogP) is 22.7. The molecular formula is C82H66N4. The fraction of sp³-hybridized carbons (Fsp3) is 0.195. The number of para-hydroxylation sites is 4. The second kappa shape index (κ2) is 18.6. The highest BCUT2D eigenvalue weighted by atomic mass is 15.2. The number of hydrogen-bond acceptors (Lipinski definition) is 2. The summed E-state index contributed by atoms with van der Waals surface area (Å²) in [4.78, 5) is 2.98. The lowest BCUT2D eigenvalue weighted by molar-refractivity contribution is 0.136. The molecule has 4 aromatic heterocycles. The van der Waals surface area contributed by atoms with Gasteiger partial charge in [0.1, 0.15) is 0 Å². The van der Waals surface area contributed by atoms with Gasteiger partial charge in [-0.25, -0.2) is 0 Å². The number of hydrogen-bond donors (Lipinski definition) is 0. The van der Waals surface area contributed by atoms with E-state index in [1.54, 1.807) is 60.7 Å². The van der Waals surface area contributed by atoms with Crippen LogP contribution in [0, 0.1) is 11.8 Å². The molecule has 4 heteroatoms. The summed E-state index contributed by atoms with van der Waals surface area (Å²) in [7, 11) is 0. The highest BCUT2D eigenvalue weighted by Crippen LogP contribution is 2.57. The van der Waals surface area contributed by atoms with Gasteiger partial charge in [-0.1, -0.05) is 157 Å². The summed E-state index contributed by atoms with van der Waals surface area (Å²) in [6, 6.07) is 33.2. The van der Waals surface area contributed by atoms with Gasteiger partial charge in [0.2, 0.25) is 0 Å². The molecular weight excluding hydrogens is 1040 g/mol. The van der Waals surface area contributed by atoms with Crippen molar-refractivity contribution in [3.05, 3.63) is 253 Å².